The minimum atomic E-state index is -0.721. The van der Waals surface area contributed by atoms with Crippen LogP contribution in [0, 0.1) is 0 Å². The second kappa shape index (κ2) is 5.69. The van der Waals surface area contributed by atoms with Gasteiger partial charge >= 0.3 is 5.97 Å². The highest BCUT2D eigenvalue weighted by Gasteiger charge is 2.38. The van der Waals surface area contributed by atoms with Crippen molar-refractivity contribution in [1.29, 1.82) is 0 Å². The number of carbonyl (C=O) groups is 2. The summed E-state index contributed by atoms with van der Waals surface area (Å²) in [7, 11) is 0. The summed E-state index contributed by atoms with van der Waals surface area (Å²) in [5, 5.41) is 9.32. The Morgan fingerprint density at radius 1 is 1.50 bits per heavy atom. The monoisotopic (exact) mass is 254 g/mol. The Morgan fingerprint density at radius 2 is 2.28 bits per heavy atom. The van der Waals surface area contributed by atoms with E-state index in [1.54, 1.807) is 0 Å². The molecule has 2 unspecified atom stereocenters. The molecule has 0 aromatic heterocycles. The minimum Gasteiger partial charge on any atom is -0.480 e. The molecule has 1 amide bonds. The van der Waals surface area contributed by atoms with Gasteiger partial charge in [-0.2, -0.15) is 0 Å². The fraction of sp³-hybridized carbons (Fsp3) is 0.846. The van der Waals surface area contributed by atoms with Crippen molar-refractivity contribution in [2.45, 2.75) is 51.1 Å². The molecular weight excluding hydrogens is 232 g/mol. The van der Waals surface area contributed by atoms with Crippen molar-refractivity contribution in [3.63, 3.8) is 0 Å². The molecule has 0 aromatic carbocycles. The third-order valence-corrected chi connectivity index (χ3v) is 4.08. The number of nitrogens with zero attached hydrogens (tertiary/aromatic N) is 2. The second-order valence-corrected chi connectivity index (χ2v) is 5.27. The zero-order chi connectivity index (χ0) is 13.1. The number of carboxylic acids is 1. The summed E-state index contributed by atoms with van der Waals surface area (Å²) in [5.41, 5.74) is 0. The van der Waals surface area contributed by atoms with Crippen molar-refractivity contribution >= 4 is 11.9 Å². The highest BCUT2D eigenvalue weighted by atomic mass is 16.4. The number of fused-ring (bicyclic) bond motifs is 1. The summed E-state index contributed by atoms with van der Waals surface area (Å²) in [6, 6.07) is -0.127. The Kier molecular flexibility index (Phi) is 4.22. The average molecular weight is 254 g/mol. The van der Waals surface area contributed by atoms with Gasteiger partial charge in [-0.05, 0) is 12.8 Å². The van der Waals surface area contributed by atoms with Crippen molar-refractivity contribution < 1.29 is 14.7 Å². The second-order valence-electron chi connectivity index (χ2n) is 5.27. The van der Waals surface area contributed by atoms with Crippen LogP contribution in [-0.2, 0) is 9.59 Å². The molecule has 0 bridgehead atoms. The van der Waals surface area contributed by atoms with Gasteiger partial charge in [-0.15, -0.1) is 0 Å². The molecule has 2 fully saturated rings. The zero-order valence-corrected chi connectivity index (χ0v) is 11.0. The van der Waals surface area contributed by atoms with Crippen LogP contribution in [0.5, 0.6) is 0 Å². The molecule has 0 aromatic rings. The number of hydrogen-bond acceptors (Lipinski definition) is 3. The van der Waals surface area contributed by atoms with Gasteiger partial charge < -0.3 is 10.0 Å². The number of aliphatic carboxylic acids is 1. The van der Waals surface area contributed by atoms with Crippen LogP contribution < -0.4 is 0 Å². The lowest BCUT2D eigenvalue weighted by Gasteiger charge is -2.40. The van der Waals surface area contributed by atoms with Crippen molar-refractivity contribution in [3.8, 4) is 0 Å². The lowest BCUT2D eigenvalue weighted by molar-refractivity contribution is -0.145. The van der Waals surface area contributed by atoms with Crippen LogP contribution in [0.15, 0.2) is 0 Å². The van der Waals surface area contributed by atoms with Gasteiger partial charge in [0.1, 0.15) is 6.04 Å². The molecule has 2 aliphatic rings. The number of rotatable bonds is 5. The maximum absolute atomic E-state index is 11.6. The van der Waals surface area contributed by atoms with Crippen LogP contribution in [0.4, 0.5) is 0 Å². The van der Waals surface area contributed by atoms with Crippen LogP contribution in [0.2, 0.25) is 0 Å². The predicted molar refractivity (Wildman–Crippen MR) is 67.3 cm³/mol. The number of hydrogen-bond donors (Lipinski definition) is 1. The first-order chi connectivity index (χ1) is 8.63. The lowest BCUT2D eigenvalue weighted by atomic mass is 10.0. The average Bonchev–Trinajstić information content (AvgIpc) is 2.71. The maximum atomic E-state index is 11.6. The highest BCUT2D eigenvalue weighted by molar-refractivity contribution is 5.79. The van der Waals surface area contributed by atoms with E-state index in [1.165, 1.54) is 0 Å². The third kappa shape index (κ3) is 2.66. The fourth-order valence-corrected chi connectivity index (χ4v) is 3.03. The predicted octanol–water partition coefficient (Wildman–Crippen LogP) is 0.936. The van der Waals surface area contributed by atoms with Gasteiger partial charge in [-0.25, -0.2) is 0 Å². The Morgan fingerprint density at radius 3 is 2.94 bits per heavy atom. The molecule has 5 nitrogen and oxygen atoms in total. The topological polar surface area (TPSA) is 60.9 Å². The van der Waals surface area contributed by atoms with Gasteiger partial charge in [0, 0.05) is 32.1 Å². The van der Waals surface area contributed by atoms with Crippen LogP contribution in [0.1, 0.15) is 39.0 Å². The molecule has 102 valence electrons. The largest absolute Gasteiger partial charge is 0.480 e. The van der Waals surface area contributed by atoms with Crippen molar-refractivity contribution in [1.82, 2.24) is 9.80 Å². The molecule has 2 atom stereocenters. The number of amides is 1. The first-order valence-electron chi connectivity index (χ1n) is 6.89. The Hall–Kier alpha value is -1.10. The van der Waals surface area contributed by atoms with Crippen LogP contribution >= 0.6 is 0 Å². The highest BCUT2D eigenvalue weighted by Crippen LogP contribution is 2.24. The number of carboxylic acid groups (broad SMARTS) is 1. The van der Waals surface area contributed by atoms with E-state index in [0.717, 1.165) is 25.8 Å². The van der Waals surface area contributed by atoms with Crippen molar-refractivity contribution in [2.75, 3.05) is 19.6 Å². The van der Waals surface area contributed by atoms with E-state index >= 15 is 0 Å². The SMILES string of the molecule is CCCCC(C(=O)O)N1CCN2C(=O)CCC2C1. The molecule has 2 heterocycles. The summed E-state index contributed by atoms with van der Waals surface area (Å²) in [6.45, 7) is 4.20. The van der Waals surface area contributed by atoms with Gasteiger partial charge in [0.05, 0.1) is 0 Å². The molecule has 0 saturated carbocycles. The molecule has 2 rings (SSSR count). The molecular formula is C13H22N2O3. The fourth-order valence-electron chi connectivity index (χ4n) is 3.03. The maximum Gasteiger partial charge on any atom is 0.320 e. The van der Waals surface area contributed by atoms with Crippen LogP contribution in [0.3, 0.4) is 0 Å². The lowest BCUT2D eigenvalue weighted by Crippen LogP contribution is -2.56. The quantitative estimate of drug-likeness (QED) is 0.793. The molecule has 0 aliphatic carbocycles. The summed E-state index contributed by atoms with van der Waals surface area (Å²) in [4.78, 5) is 26.9. The van der Waals surface area contributed by atoms with Crippen molar-refractivity contribution in [3.05, 3.63) is 0 Å². The van der Waals surface area contributed by atoms with E-state index in [4.69, 9.17) is 0 Å². The van der Waals surface area contributed by atoms with Crippen LogP contribution in [-0.4, -0.2) is 58.5 Å². The van der Waals surface area contributed by atoms with E-state index in [9.17, 15) is 14.7 Å². The first-order valence-corrected chi connectivity index (χ1v) is 6.89. The molecule has 5 heteroatoms. The zero-order valence-electron chi connectivity index (χ0n) is 11.0. The van der Waals surface area contributed by atoms with Gasteiger partial charge in [-0.1, -0.05) is 19.8 Å². The Labute approximate surface area is 108 Å². The molecule has 0 spiro atoms. The Balaban J connectivity index is 1.96. The number of unbranched alkanes of at least 4 members (excludes halogenated alkanes) is 1. The minimum absolute atomic E-state index is 0.236. The summed E-state index contributed by atoms with van der Waals surface area (Å²) in [6.07, 6.45) is 4.19. The molecule has 2 aliphatic heterocycles. The summed E-state index contributed by atoms with van der Waals surface area (Å²) >= 11 is 0. The van der Waals surface area contributed by atoms with E-state index in [-0.39, 0.29) is 18.0 Å². The molecule has 0 radical (unpaired) electrons. The van der Waals surface area contributed by atoms with Gasteiger partial charge in [-0.3, -0.25) is 14.5 Å². The Bertz CT molecular complexity index is 332. The molecule has 18 heavy (non-hydrogen) atoms. The summed E-state index contributed by atoms with van der Waals surface area (Å²) in [5.74, 6) is -0.485. The van der Waals surface area contributed by atoms with E-state index < -0.39 is 5.97 Å². The van der Waals surface area contributed by atoms with Crippen molar-refractivity contribution in [2.24, 2.45) is 0 Å². The van der Waals surface area contributed by atoms with E-state index in [0.29, 0.717) is 25.9 Å². The normalized spacial score (nSPS) is 26.2. The van der Waals surface area contributed by atoms with Gasteiger partial charge in [0.2, 0.25) is 5.91 Å². The van der Waals surface area contributed by atoms with Crippen LogP contribution in [0.25, 0.3) is 0 Å². The smallest absolute Gasteiger partial charge is 0.320 e. The molecule has 1 N–H and O–H groups in total. The third-order valence-electron chi connectivity index (χ3n) is 4.08. The van der Waals surface area contributed by atoms with E-state index in [1.807, 2.05) is 4.90 Å². The standard InChI is InChI=1S/C13H22N2O3/c1-2-3-4-11(13(17)18)14-7-8-15-10(9-14)5-6-12(15)16/h10-11H,2-9H2,1H3,(H,17,18). The number of piperazine rings is 1. The van der Waals surface area contributed by atoms with Gasteiger partial charge in [0.25, 0.3) is 0 Å². The number of carbonyl (C=O) groups excluding carboxylic acids is 1. The molecule has 2 saturated heterocycles. The summed E-state index contributed by atoms with van der Waals surface area (Å²) < 4.78 is 0. The van der Waals surface area contributed by atoms with Gasteiger partial charge in [0.15, 0.2) is 0 Å². The van der Waals surface area contributed by atoms with E-state index in [2.05, 4.69) is 11.8 Å². The first kappa shape index (κ1) is 13.3.